The molecule has 1 N–H and O–H groups in total. The second-order valence-electron chi connectivity index (χ2n) is 7.89. The summed E-state index contributed by atoms with van der Waals surface area (Å²) in [5.74, 6) is 1.81. The van der Waals surface area contributed by atoms with Crippen LogP contribution in [0.5, 0.6) is 11.5 Å². The van der Waals surface area contributed by atoms with E-state index in [0.29, 0.717) is 36.0 Å². The Morgan fingerprint density at radius 3 is 2.91 bits per heavy atom. The van der Waals surface area contributed by atoms with E-state index in [-0.39, 0.29) is 5.78 Å². The van der Waals surface area contributed by atoms with Gasteiger partial charge in [-0.25, -0.2) is 0 Å². The summed E-state index contributed by atoms with van der Waals surface area (Å²) in [5, 5.41) is 15.3. The van der Waals surface area contributed by atoms with Crippen LogP contribution in [-0.2, 0) is 11.4 Å². The molecule has 1 aliphatic heterocycles. The molecule has 3 aromatic rings. The highest BCUT2D eigenvalue weighted by Crippen LogP contribution is 2.44. The van der Waals surface area contributed by atoms with Crippen molar-refractivity contribution < 1.29 is 14.3 Å². The molecule has 0 saturated heterocycles. The monoisotopic (exact) mass is 495 g/mol. The highest BCUT2D eigenvalue weighted by atomic mass is 79.9. The summed E-state index contributed by atoms with van der Waals surface area (Å²) in [6.45, 7) is 2.47. The van der Waals surface area contributed by atoms with Gasteiger partial charge in [0.2, 0.25) is 5.95 Å². The lowest BCUT2D eigenvalue weighted by Gasteiger charge is -2.32. The molecule has 1 unspecified atom stereocenters. The van der Waals surface area contributed by atoms with Crippen LogP contribution in [0, 0.1) is 6.92 Å². The normalized spacial score (nSPS) is 17.5. The molecule has 0 amide bonds. The van der Waals surface area contributed by atoms with Gasteiger partial charge >= 0.3 is 0 Å². The first-order chi connectivity index (χ1) is 15.6. The zero-order valence-electron chi connectivity index (χ0n) is 17.8. The highest BCUT2D eigenvalue weighted by Gasteiger charge is 2.37. The van der Waals surface area contributed by atoms with E-state index >= 15 is 0 Å². The van der Waals surface area contributed by atoms with E-state index in [9.17, 15) is 4.79 Å². The lowest BCUT2D eigenvalue weighted by molar-refractivity contribution is -0.116. The summed E-state index contributed by atoms with van der Waals surface area (Å²) in [5.41, 5.74) is 4.71. The summed E-state index contributed by atoms with van der Waals surface area (Å²) >= 11 is 3.65. The number of halogens is 1. The van der Waals surface area contributed by atoms with Crippen molar-refractivity contribution in [3.63, 3.8) is 0 Å². The van der Waals surface area contributed by atoms with Crippen LogP contribution in [-0.4, -0.2) is 33.1 Å². The van der Waals surface area contributed by atoms with Gasteiger partial charge in [-0.3, -0.25) is 4.79 Å². The number of ketones is 1. The first kappa shape index (κ1) is 20.7. The van der Waals surface area contributed by atoms with Crippen LogP contribution >= 0.6 is 15.9 Å². The van der Waals surface area contributed by atoms with Crippen LogP contribution in [0.4, 0.5) is 5.95 Å². The Morgan fingerprint density at radius 1 is 1.25 bits per heavy atom. The van der Waals surface area contributed by atoms with E-state index in [0.717, 1.165) is 39.7 Å². The van der Waals surface area contributed by atoms with Crippen molar-refractivity contribution in [1.82, 2.24) is 20.2 Å². The van der Waals surface area contributed by atoms with Gasteiger partial charge in [0.1, 0.15) is 12.6 Å². The molecule has 2 aliphatic rings. The molecule has 1 aromatic heterocycles. The number of methoxy groups -OCH3 is 1. The number of rotatable bonds is 5. The number of hydrogen-bond donors (Lipinski definition) is 1. The Balaban J connectivity index is 1.54. The number of allylic oxidation sites excluding steroid dienone is 2. The van der Waals surface area contributed by atoms with Crippen LogP contribution in [0.2, 0.25) is 0 Å². The van der Waals surface area contributed by atoms with Crippen molar-refractivity contribution >= 4 is 27.7 Å². The van der Waals surface area contributed by atoms with Crippen molar-refractivity contribution in [2.24, 2.45) is 0 Å². The Morgan fingerprint density at radius 2 is 2.09 bits per heavy atom. The maximum Gasteiger partial charge on any atom is 0.248 e. The highest BCUT2D eigenvalue weighted by molar-refractivity contribution is 9.10. The number of carbonyl (C=O) groups excluding carboxylic acids is 1. The average molecular weight is 496 g/mol. The van der Waals surface area contributed by atoms with Crippen molar-refractivity contribution in [2.75, 3.05) is 12.4 Å². The van der Waals surface area contributed by atoms with Crippen LogP contribution in [0.3, 0.4) is 0 Å². The molecular weight excluding hydrogens is 474 g/mol. The van der Waals surface area contributed by atoms with Gasteiger partial charge in [0.25, 0.3) is 0 Å². The lowest BCUT2D eigenvalue weighted by Crippen LogP contribution is -2.31. The minimum atomic E-state index is -0.431. The van der Waals surface area contributed by atoms with Gasteiger partial charge in [0.05, 0.1) is 11.6 Å². The number of hydrogen-bond acceptors (Lipinski definition) is 7. The van der Waals surface area contributed by atoms with Crippen molar-refractivity contribution in [3.05, 3.63) is 68.8 Å². The molecule has 2 heterocycles. The first-order valence-electron chi connectivity index (χ1n) is 10.4. The fraction of sp³-hybridized carbons (Fsp3) is 0.304. The predicted molar refractivity (Wildman–Crippen MR) is 122 cm³/mol. The van der Waals surface area contributed by atoms with Gasteiger partial charge in [-0.2, -0.15) is 4.68 Å². The molecule has 0 fully saturated rings. The van der Waals surface area contributed by atoms with Crippen LogP contribution in [0.15, 0.2) is 52.1 Å². The van der Waals surface area contributed by atoms with E-state index < -0.39 is 6.04 Å². The number of Topliss-reactive ketones (excluding diaryl/α,β-unsaturated/α-hetero) is 1. The number of fused-ring (bicyclic) bond motifs is 1. The van der Waals surface area contributed by atoms with E-state index in [4.69, 9.17) is 9.47 Å². The van der Waals surface area contributed by atoms with Gasteiger partial charge in [0.15, 0.2) is 17.3 Å². The summed E-state index contributed by atoms with van der Waals surface area (Å²) < 4.78 is 14.2. The number of aromatic nitrogens is 4. The third-order valence-electron chi connectivity index (χ3n) is 5.93. The zero-order valence-corrected chi connectivity index (χ0v) is 19.3. The van der Waals surface area contributed by atoms with Crippen molar-refractivity contribution in [1.29, 1.82) is 0 Å². The quantitative estimate of drug-likeness (QED) is 0.562. The van der Waals surface area contributed by atoms with E-state index in [2.05, 4.69) is 49.8 Å². The Kier molecular flexibility index (Phi) is 5.42. The summed E-state index contributed by atoms with van der Waals surface area (Å²) in [6, 6.07) is 11.5. The molecule has 1 aliphatic carbocycles. The molecule has 5 rings (SSSR count). The number of ether oxygens (including phenoxy) is 2. The van der Waals surface area contributed by atoms with Gasteiger partial charge < -0.3 is 14.8 Å². The van der Waals surface area contributed by atoms with Crippen molar-refractivity contribution in [3.8, 4) is 11.5 Å². The molecule has 0 saturated carbocycles. The smallest absolute Gasteiger partial charge is 0.248 e. The molecule has 0 radical (unpaired) electrons. The Bertz CT molecular complexity index is 1240. The number of benzene rings is 2. The first-order valence-corrected chi connectivity index (χ1v) is 11.2. The number of tetrazole rings is 1. The van der Waals surface area contributed by atoms with Gasteiger partial charge in [-0.1, -0.05) is 29.4 Å². The van der Waals surface area contributed by atoms with Crippen LogP contribution in [0.25, 0.3) is 0 Å². The van der Waals surface area contributed by atoms with E-state index in [1.54, 1.807) is 11.8 Å². The Hall–Kier alpha value is -3.20. The maximum absolute atomic E-state index is 12.9. The summed E-state index contributed by atoms with van der Waals surface area (Å²) in [4.78, 5) is 12.9. The third kappa shape index (κ3) is 3.56. The zero-order chi connectivity index (χ0) is 22.2. The lowest BCUT2D eigenvalue weighted by atomic mass is 9.85. The predicted octanol–water partition coefficient (Wildman–Crippen LogP) is 4.35. The molecule has 0 bridgehead atoms. The molecule has 1 atom stereocenters. The minimum Gasteiger partial charge on any atom is -0.493 e. The number of nitrogens with one attached hydrogen (secondary N) is 1. The molecular formula is C23H22BrN5O3. The van der Waals surface area contributed by atoms with E-state index in [1.165, 1.54) is 0 Å². The van der Waals surface area contributed by atoms with Crippen LogP contribution < -0.4 is 14.8 Å². The summed E-state index contributed by atoms with van der Waals surface area (Å²) in [7, 11) is 1.60. The molecule has 8 nitrogen and oxygen atoms in total. The second kappa shape index (κ2) is 8.38. The fourth-order valence-corrected chi connectivity index (χ4v) is 4.86. The minimum absolute atomic E-state index is 0.111. The number of anilines is 1. The van der Waals surface area contributed by atoms with Gasteiger partial charge in [-0.15, -0.1) is 0 Å². The molecule has 2 aromatic carbocycles. The molecule has 0 spiro atoms. The second-order valence-corrected chi connectivity index (χ2v) is 8.75. The van der Waals surface area contributed by atoms with Gasteiger partial charge in [0, 0.05) is 17.7 Å². The molecule has 9 heteroatoms. The Labute approximate surface area is 193 Å². The van der Waals surface area contributed by atoms with Crippen molar-refractivity contribution in [2.45, 2.75) is 38.8 Å². The van der Waals surface area contributed by atoms with Crippen LogP contribution in [0.1, 0.15) is 42.0 Å². The molecule has 164 valence electrons. The summed E-state index contributed by atoms with van der Waals surface area (Å²) in [6.07, 6.45) is 2.13. The standard InChI is InChI=1S/C23H22BrN5O3/c1-13-6-3-4-7-14(13)12-32-22-16(24)10-15(11-19(22)31-2)21-20-17(8-5-9-18(20)30)25-23-26-27-28-29(21)23/h3-4,6-7,10-11,21H,5,8-9,12H2,1-2H3,(H,25,26,28). The number of nitrogens with zero attached hydrogens (tertiary/aromatic N) is 4. The van der Waals surface area contributed by atoms with E-state index in [1.807, 2.05) is 30.3 Å². The SMILES string of the molecule is COc1cc(C2C3=C(CCCC3=O)Nc3nnnn32)cc(Br)c1OCc1ccccc1C. The fourth-order valence-electron chi connectivity index (χ4n) is 4.29. The number of carbonyl (C=O) groups is 1. The third-order valence-corrected chi connectivity index (χ3v) is 6.52. The maximum atomic E-state index is 12.9. The number of aryl methyl sites for hydroxylation is 1. The topological polar surface area (TPSA) is 91.2 Å². The largest absolute Gasteiger partial charge is 0.493 e. The average Bonchev–Trinajstić information content (AvgIpc) is 3.26. The van der Waals surface area contributed by atoms with Gasteiger partial charge in [-0.05, 0) is 74.9 Å². The molecule has 32 heavy (non-hydrogen) atoms.